The van der Waals surface area contributed by atoms with E-state index in [1.54, 1.807) is 6.92 Å². The predicted octanol–water partition coefficient (Wildman–Crippen LogP) is 2.54. The van der Waals surface area contributed by atoms with Crippen molar-refractivity contribution in [1.29, 1.82) is 0 Å². The topological polar surface area (TPSA) is 98.0 Å². The van der Waals surface area contributed by atoms with Crippen LogP contribution in [0.1, 0.15) is 5.01 Å². The van der Waals surface area contributed by atoms with E-state index >= 15 is 0 Å². The zero-order valence-corrected chi connectivity index (χ0v) is 12.7. The van der Waals surface area contributed by atoms with Crippen molar-refractivity contribution in [2.45, 2.75) is 11.8 Å². The molecule has 0 aliphatic carbocycles. The Labute approximate surface area is 123 Å². The number of halogens is 2. The number of nitrogen functional groups attached to an aromatic ring is 1. The van der Waals surface area contributed by atoms with Crippen molar-refractivity contribution in [3.8, 4) is 0 Å². The number of benzene rings is 1. The molecule has 0 spiro atoms. The van der Waals surface area contributed by atoms with Crippen LogP contribution in [-0.4, -0.2) is 18.6 Å². The first-order valence-electron chi connectivity index (χ1n) is 4.87. The number of aromatic nitrogens is 2. The van der Waals surface area contributed by atoms with Gasteiger partial charge in [0.1, 0.15) is 9.90 Å². The fourth-order valence-corrected chi connectivity index (χ4v) is 3.85. The van der Waals surface area contributed by atoms with Crippen molar-refractivity contribution in [3.05, 3.63) is 27.2 Å². The standard InChI is InChI=1S/C9H8Cl2N4O2S2/c1-4-13-14-9(18-4)15-19(16,17)6-3-2-5(10)8(12)7(6)11/h2-3H,12H2,1H3,(H,14,15). The summed E-state index contributed by atoms with van der Waals surface area (Å²) in [6.07, 6.45) is 0. The number of sulfonamides is 1. The summed E-state index contributed by atoms with van der Waals surface area (Å²) in [7, 11) is -3.88. The smallest absolute Gasteiger partial charge is 0.265 e. The Balaban J connectivity index is 2.43. The second-order valence-corrected chi connectivity index (χ2v) is 7.12. The highest BCUT2D eigenvalue weighted by Gasteiger charge is 2.22. The molecule has 0 aliphatic heterocycles. The third-order valence-corrected chi connectivity index (χ3v) is 5.24. The minimum Gasteiger partial charge on any atom is -0.396 e. The van der Waals surface area contributed by atoms with Gasteiger partial charge in [-0.15, -0.1) is 10.2 Å². The van der Waals surface area contributed by atoms with Crippen LogP contribution < -0.4 is 10.5 Å². The van der Waals surface area contributed by atoms with Gasteiger partial charge in [0.25, 0.3) is 10.0 Å². The highest BCUT2D eigenvalue weighted by atomic mass is 35.5. The molecule has 0 amide bonds. The van der Waals surface area contributed by atoms with Crippen molar-refractivity contribution in [2.75, 3.05) is 10.5 Å². The Bertz CT molecular complexity index is 730. The Morgan fingerprint density at radius 3 is 2.58 bits per heavy atom. The molecular weight excluding hydrogens is 331 g/mol. The van der Waals surface area contributed by atoms with E-state index in [2.05, 4.69) is 14.9 Å². The van der Waals surface area contributed by atoms with Gasteiger partial charge in [-0.2, -0.15) is 0 Å². The van der Waals surface area contributed by atoms with Gasteiger partial charge in [0.15, 0.2) is 0 Å². The van der Waals surface area contributed by atoms with Crippen LogP contribution in [0.15, 0.2) is 17.0 Å². The summed E-state index contributed by atoms with van der Waals surface area (Å²) < 4.78 is 26.6. The number of anilines is 2. The minimum absolute atomic E-state index is 0.0136. The highest BCUT2D eigenvalue weighted by Crippen LogP contribution is 2.34. The number of aryl methyl sites for hydroxylation is 1. The molecule has 0 fully saturated rings. The molecule has 0 saturated carbocycles. The van der Waals surface area contributed by atoms with Gasteiger partial charge in [-0.05, 0) is 19.1 Å². The van der Waals surface area contributed by atoms with Crippen LogP contribution in [0.4, 0.5) is 10.8 Å². The summed E-state index contributed by atoms with van der Waals surface area (Å²) in [5, 5.41) is 8.24. The molecule has 19 heavy (non-hydrogen) atoms. The number of nitrogens with zero attached hydrogens (tertiary/aromatic N) is 2. The lowest BCUT2D eigenvalue weighted by Crippen LogP contribution is -2.14. The van der Waals surface area contributed by atoms with E-state index in [-0.39, 0.29) is 25.8 Å². The zero-order chi connectivity index (χ0) is 14.2. The third kappa shape index (κ3) is 2.92. The fourth-order valence-electron chi connectivity index (χ4n) is 1.26. The van der Waals surface area contributed by atoms with Gasteiger partial charge in [-0.1, -0.05) is 34.5 Å². The average molecular weight is 339 g/mol. The second-order valence-electron chi connectivity index (χ2n) is 3.50. The Morgan fingerprint density at radius 1 is 1.32 bits per heavy atom. The fraction of sp³-hybridized carbons (Fsp3) is 0.111. The first-order chi connectivity index (χ1) is 8.81. The Kier molecular flexibility index (Phi) is 3.86. The molecule has 0 radical (unpaired) electrons. The van der Waals surface area contributed by atoms with E-state index in [1.165, 1.54) is 12.1 Å². The van der Waals surface area contributed by atoms with E-state index in [9.17, 15) is 8.42 Å². The normalized spacial score (nSPS) is 11.5. The molecule has 1 aromatic carbocycles. The van der Waals surface area contributed by atoms with Crippen molar-refractivity contribution in [1.82, 2.24) is 10.2 Å². The summed E-state index contributed by atoms with van der Waals surface area (Å²) >= 11 is 12.8. The van der Waals surface area contributed by atoms with Gasteiger partial charge in [-0.3, -0.25) is 4.72 Å². The second kappa shape index (κ2) is 5.12. The Morgan fingerprint density at radius 2 is 2.00 bits per heavy atom. The summed E-state index contributed by atoms with van der Waals surface area (Å²) in [6.45, 7) is 1.71. The molecule has 0 bridgehead atoms. The van der Waals surface area contributed by atoms with Crippen LogP contribution in [0.3, 0.4) is 0 Å². The molecule has 1 heterocycles. The van der Waals surface area contributed by atoms with Crippen LogP contribution in [-0.2, 0) is 10.0 Å². The van der Waals surface area contributed by atoms with E-state index in [0.29, 0.717) is 5.01 Å². The third-order valence-electron chi connectivity index (χ3n) is 2.13. The van der Waals surface area contributed by atoms with E-state index in [0.717, 1.165) is 11.3 Å². The van der Waals surface area contributed by atoms with Gasteiger partial charge < -0.3 is 5.73 Å². The summed E-state index contributed by atoms with van der Waals surface area (Å²) in [4.78, 5) is -0.163. The number of hydrogen-bond acceptors (Lipinski definition) is 6. The molecule has 0 unspecified atom stereocenters. The van der Waals surface area contributed by atoms with Crippen molar-refractivity contribution >= 4 is 55.4 Å². The molecule has 2 aromatic rings. The number of nitrogens with one attached hydrogen (secondary N) is 1. The first kappa shape index (κ1) is 14.3. The van der Waals surface area contributed by atoms with Crippen molar-refractivity contribution in [3.63, 3.8) is 0 Å². The van der Waals surface area contributed by atoms with Gasteiger partial charge in [-0.25, -0.2) is 8.42 Å². The maximum Gasteiger partial charge on any atom is 0.265 e. The minimum atomic E-state index is -3.88. The summed E-state index contributed by atoms with van der Waals surface area (Å²) in [5.74, 6) is 0. The van der Waals surface area contributed by atoms with Crippen LogP contribution in [0.5, 0.6) is 0 Å². The number of hydrogen-bond donors (Lipinski definition) is 2. The summed E-state index contributed by atoms with van der Waals surface area (Å²) in [6, 6.07) is 2.64. The maximum atomic E-state index is 12.1. The predicted molar refractivity (Wildman–Crippen MR) is 76.3 cm³/mol. The maximum absolute atomic E-state index is 12.1. The number of nitrogens with two attached hydrogens (primary N) is 1. The molecule has 10 heteroatoms. The molecule has 0 atom stereocenters. The summed E-state index contributed by atoms with van der Waals surface area (Å²) in [5.41, 5.74) is 5.61. The van der Waals surface area contributed by atoms with E-state index in [4.69, 9.17) is 28.9 Å². The van der Waals surface area contributed by atoms with Gasteiger partial charge in [0.2, 0.25) is 5.13 Å². The van der Waals surface area contributed by atoms with Crippen LogP contribution in [0.2, 0.25) is 10.0 Å². The molecule has 3 N–H and O–H groups in total. The molecule has 102 valence electrons. The van der Waals surface area contributed by atoms with Gasteiger partial charge in [0.05, 0.1) is 15.7 Å². The molecule has 0 aliphatic rings. The lowest BCUT2D eigenvalue weighted by atomic mass is 10.3. The molecule has 0 saturated heterocycles. The van der Waals surface area contributed by atoms with Crippen LogP contribution in [0.25, 0.3) is 0 Å². The van der Waals surface area contributed by atoms with Crippen LogP contribution in [0, 0.1) is 6.92 Å². The quantitative estimate of drug-likeness (QED) is 0.838. The molecular formula is C9H8Cl2N4O2S2. The highest BCUT2D eigenvalue weighted by molar-refractivity contribution is 7.93. The van der Waals surface area contributed by atoms with Crippen molar-refractivity contribution in [2.24, 2.45) is 0 Å². The van der Waals surface area contributed by atoms with Gasteiger partial charge >= 0.3 is 0 Å². The zero-order valence-electron chi connectivity index (χ0n) is 9.52. The van der Waals surface area contributed by atoms with Crippen molar-refractivity contribution < 1.29 is 8.42 Å². The average Bonchev–Trinajstić information content (AvgIpc) is 2.70. The first-order valence-corrected chi connectivity index (χ1v) is 7.93. The SMILES string of the molecule is Cc1nnc(NS(=O)(=O)c2ccc(Cl)c(N)c2Cl)s1. The largest absolute Gasteiger partial charge is 0.396 e. The van der Waals surface area contributed by atoms with E-state index < -0.39 is 10.0 Å². The van der Waals surface area contributed by atoms with Crippen LogP contribution >= 0.6 is 34.5 Å². The Hall–Kier alpha value is -1.09. The monoisotopic (exact) mass is 338 g/mol. The molecule has 2 rings (SSSR count). The van der Waals surface area contributed by atoms with Gasteiger partial charge in [0, 0.05) is 0 Å². The number of rotatable bonds is 3. The lowest BCUT2D eigenvalue weighted by molar-refractivity contribution is 0.601. The molecule has 6 nitrogen and oxygen atoms in total. The molecule has 1 aromatic heterocycles. The van der Waals surface area contributed by atoms with E-state index in [1.807, 2.05) is 0 Å². The lowest BCUT2D eigenvalue weighted by Gasteiger charge is -2.09.